The third-order valence-corrected chi connectivity index (χ3v) is 5.46. The van der Waals surface area contributed by atoms with Crippen LogP contribution < -0.4 is 5.32 Å². The molecule has 0 bridgehead atoms. The van der Waals surface area contributed by atoms with Crippen molar-refractivity contribution >= 4 is 11.9 Å². The number of nitrogens with zero attached hydrogens (tertiary/aromatic N) is 2. The number of esters is 1. The number of aryl methyl sites for hydroxylation is 2. The van der Waals surface area contributed by atoms with Gasteiger partial charge in [0.2, 0.25) is 0 Å². The standard InChI is InChI=1S/C24H25N3O3/c1-17(20-8-7-18-5-2-3-6-21(18)15-20)26-23(28)16-30-24(29)19-9-11-22(12-10-19)27-14-4-13-25-27/h4,7-15,17H,2-3,5-6,16H2,1H3,(H,26,28). The Hall–Kier alpha value is -3.41. The third kappa shape index (κ3) is 4.59. The molecule has 1 heterocycles. The smallest absolute Gasteiger partial charge is 0.338 e. The van der Waals surface area contributed by atoms with E-state index < -0.39 is 5.97 Å². The van der Waals surface area contributed by atoms with E-state index in [9.17, 15) is 9.59 Å². The average Bonchev–Trinajstić information content (AvgIpc) is 3.32. The fourth-order valence-corrected chi connectivity index (χ4v) is 3.78. The summed E-state index contributed by atoms with van der Waals surface area (Å²) in [6, 6.07) is 15.0. The van der Waals surface area contributed by atoms with Gasteiger partial charge in [-0.15, -0.1) is 0 Å². The molecule has 0 saturated carbocycles. The Bertz CT molecular complexity index is 1030. The Kier molecular flexibility index (Phi) is 5.93. The van der Waals surface area contributed by atoms with E-state index in [0.717, 1.165) is 24.1 Å². The Morgan fingerprint density at radius 1 is 1.10 bits per heavy atom. The molecule has 1 amide bonds. The van der Waals surface area contributed by atoms with E-state index in [0.29, 0.717) is 5.56 Å². The number of hydrogen-bond donors (Lipinski definition) is 1. The van der Waals surface area contributed by atoms with Crippen LogP contribution in [0.4, 0.5) is 0 Å². The van der Waals surface area contributed by atoms with Gasteiger partial charge in [0.1, 0.15) is 0 Å². The van der Waals surface area contributed by atoms with Crippen LogP contribution in [-0.2, 0) is 22.4 Å². The van der Waals surface area contributed by atoms with Gasteiger partial charge in [0.15, 0.2) is 6.61 Å². The molecule has 0 saturated heterocycles. The first-order valence-electron chi connectivity index (χ1n) is 10.3. The van der Waals surface area contributed by atoms with Crippen molar-refractivity contribution < 1.29 is 14.3 Å². The molecule has 1 aliphatic carbocycles. The van der Waals surface area contributed by atoms with Gasteiger partial charge in [-0.3, -0.25) is 4.79 Å². The molecule has 6 heteroatoms. The minimum atomic E-state index is -0.529. The number of rotatable bonds is 6. The van der Waals surface area contributed by atoms with E-state index in [1.807, 2.05) is 19.2 Å². The molecule has 30 heavy (non-hydrogen) atoms. The van der Waals surface area contributed by atoms with E-state index in [1.165, 1.54) is 24.0 Å². The van der Waals surface area contributed by atoms with E-state index >= 15 is 0 Å². The van der Waals surface area contributed by atoms with Crippen molar-refractivity contribution in [2.24, 2.45) is 0 Å². The summed E-state index contributed by atoms with van der Waals surface area (Å²) in [4.78, 5) is 24.5. The summed E-state index contributed by atoms with van der Waals surface area (Å²) in [5, 5.41) is 7.05. The average molecular weight is 403 g/mol. The van der Waals surface area contributed by atoms with Gasteiger partial charge < -0.3 is 10.1 Å². The maximum Gasteiger partial charge on any atom is 0.338 e. The summed E-state index contributed by atoms with van der Waals surface area (Å²) in [5.41, 5.74) is 5.10. The van der Waals surface area contributed by atoms with Crippen molar-refractivity contribution in [3.05, 3.63) is 83.2 Å². The number of fused-ring (bicyclic) bond motifs is 1. The molecule has 1 unspecified atom stereocenters. The van der Waals surface area contributed by atoms with Crippen LogP contribution in [-0.4, -0.2) is 28.3 Å². The first-order chi connectivity index (χ1) is 14.6. The van der Waals surface area contributed by atoms with Crippen LogP contribution in [0.3, 0.4) is 0 Å². The van der Waals surface area contributed by atoms with E-state index in [1.54, 1.807) is 35.1 Å². The van der Waals surface area contributed by atoms with Crippen LogP contribution >= 0.6 is 0 Å². The van der Waals surface area contributed by atoms with Crippen molar-refractivity contribution in [1.29, 1.82) is 0 Å². The zero-order valence-corrected chi connectivity index (χ0v) is 17.0. The lowest BCUT2D eigenvalue weighted by atomic mass is 9.89. The largest absolute Gasteiger partial charge is 0.452 e. The lowest BCUT2D eigenvalue weighted by molar-refractivity contribution is -0.124. The second-order valence-electron chi connectivity index (χ2n) is 7.60. The number of ether oxygens (including phenoxy) is 1. The number of carbonyl (C=O) groups is 2. The number of nitrogens with one attached hydrogen (secondary N) is 1. The fourth-order valence-electron chi connectivity index (χ4n) is 3.78. The number of amides is 1. The van der Waals surface area contributed by atoms with E-state index in [2.05, 4.69) is 28.6 Å². The van der Waals surface area contributed by atoms with Gasteiger partial charge in [-0.2, -0.15) is 5.10 Å². The topological polar surface area (TPSA) is 73.2 Å². The molecular formula is C24H25N3O3. The Morgan fingerprint density at radius 2 is 1.87 bits per heavy atom. The summed E-state index contributed by atoms with van der Waals surface area (Å²) in [5.74, 6) is -0.847. The third-order valence-electron chi connectivity index (χ3n) is 5.46. The number of hydrogen-bond acceptors (Lipinski definition) is 4. The second-order valence-corrected chi connectivity index (χ2v) is 7.60. The Labute approximate surface area is 175 Å². The first kappa shape index (κ1) is 19.9. The van der Waals surface area contributed by atoms with Crippen molar-refractivity contribution in [3.63, 3.8) is 0 Å². The Morgan fingerprint density at radius 3 is 2.60 bits per heavy atom. The van der Waals surface area contributed by atoms with Crippen LogP contribution in [0.1, 0.15) is 52.9 Å². The van der Waals surface area contributed by atoms with Gasteiger partial charge in [0.25, 0.3) is 5.91 Å². The lowest BCUT2D eigenvalue weighted by Crippen LogP contribution is -2.31. The highest BCUT2D eigenvalue weighted by Gasteiger charge is 2.16. The van der Waals surface area contributed by atoms with Gasteiger partial charge >= 0.3 is 5.97 Å². The summed E-state index contributed by atoms with van der Waals surface area (Å²) in [6.07, 6.45) is 8.20. The van der Waals surface area contributed by atoms with Crippen LogP contribution in [0.15, 0.2) is 60.9 Å². The van der Waals surface area contributed by atoms with Crippen LogP contribution in [0.5, 0.6) is 0 Å². The van der Waals surface area contributed by atoms with Crippen molar-refractivity contribution in [1.82, 2.24) is 15.1 Å². The maximum atomic E-state index is 12.3. The van der Waals surface area contributed by atoms with Crippen molar-refractivity contribution in [3.8, 4) is 5.69 Å². The molecule has 1 aromatic heterocycles. The SMILES string of the molecule is CC(NC(=O)COC(=O)c1ccc(-n2cccn2)cc1)c1ccc2c(c1)CCCC2. The summed E-state index contributed by atoms with van der Waals surface area (Å²) >= 11 is 0. The van der Waals surface area contributed by atoms with Gasteiger partial charge in [0.05, 0.1) is 17.3 Å². The van der Waals surface area contributed by atoms with E-state index in [4.69, 9.17) is 4.74 Å². The summed E-state index contributed by atoms with van der Waals surface area (Å²) < 4.78 is 6.87. The molecule has 1 aliphatic rings. The molecule has 6 nitrogen and oxygen atoms in total. The highest BCUT2D eigenvalue weighted by atomic mass is 16.5. The molecular weight excluding hydrogens is 378 g/mol. The molecule has 1 N–H and O–H groups in total. The van der Waals surface area contributed by atoms with Crippen LogP contribution in [0.25, 0.3) is 5.69 Å². The minimum Gasteiger partial charge on any atom is -0.452 e. The molecule has 0 spiro atoms. The van der Waals surface area contributed by atoms with Gasteiger partial charge in [-0.25, -0.2) is 9.48 Å². The first-order valence-corrected chi connectivity index (χ1v) is 10.3. The molecule has 154 valence electrons. The Balaban J connectivity index is 1.29. The highest BCUT2D eigenvalue weighted by molar-refractivity contribution is 5.91. The highest BCUT2D eigenvalue weighted by Crippen LogP contribution is 2.24. The number of carbonyl (C=O) groups excluding carboxylic acids is 2. The predicted molar refractivity (Wildman–Crippen MR) is 113 cm³/mol. The molecule has 3 aromatic rings. The quantitative estimate of drug-likeness (QED) is 0.636. The minimum absolute atomic E-state index is 0.142. The van der Waals surface area contributed by atoms with Crippen LogP contribution in [0, 0.1) is 0 Å². The zero-order chi connectivity index (χ0) is 20.9. The number of benzene rings is 2. The van der Waals surface area contributed by atoms with Gasteiger partial charge in [-0.1, -0.05) is 18.2 Å². The predicted octanol–water partition coefficient (Wildman–Crippen LogP) is 3.79. The van der Waals surface area contributed by atoms with Crippen LogP contribution in [0.2, 0.25) is 0 Å². The number of aromatic nitrogens is 2. The fraction of sp³-hybridized carbons (Fsp3) is 0.292. The summed E-state index contributed by atoms with van der Waals surface area (Å²) in [6.45, 7) is 1.63. The second kappa shape index (κ2) is 8.95. The van der Waals surface area contributed by atoms with Crippen molar-refractivity contribution in [2.45, 2.75) is 38.6 Å². The molecule has 0 radical (unpaired) electrons. The normalized spacial score (nSPS) is 13.9. The maximum absolute atomic E-state index is 12.3. The molecule has 0 aliphatic heterocycles. The molecule has 4 rings (SSSR count). The van der Waals surface area contributed by atoms with Gasteiger partial charge in [-0.05, 0) is 79.6 Å². The molecule has 1 atom stereocenters. The molecule has 0 fully saturated rings. The zero-order valence-electron chi connectivity index (χ0n) is 17.0. The summed E-state index contributed by atoms with van der Waals surface area (Å²) in [7, 11) is 0. The molecule has 2 aromatic carbocycles. The van der Waals surface area contributed by atoms with E-state index in [-0.39, 0.29) is 18.6 Å². The van der Waals surface area contributed by atoms with Gasteiger partial charge in [0, 0.05) is 12.4 Å². The monoisotopic (exact) mass is 403 g/mol. The van der Waals surface area contributed by atoms with Crippen molar-refractivity contribution in [2.75, 3.05) is 6.61 Å². The lowest BCUT2D eigenvalue weighted by Gasteiger charge is -2.20.